The number of aliphatic hydroxyl groups excluding tert-OH is 1. The lowest BCUT2D eigenvalue weighted by atomic mass is 10.0. The van der Waals surface area contributed by atoms with E-state index in [1.54, 1.807) is 6.08 Å². The second kappa shape index (κ2) is 47.3. The fraction of sp³-hybridized carbons (Fsp3) is 0.804. The molecule has 65 heavy (non-hydrogen) atoms. The van der Waals surface area contributed by atoms with Gasteiger partial charge < -0.3 is 19.8 Å². The van der Waals surface area contributed by atoms with Crippen LogP contribution < -0.4 is 5.32 Å². The van der Waals surface area contributed by atoms with E-state index in [-0.39, 0.29) is 19.1 Å². The molecule has 0 spiro atoms. The number of quaternary nitrogens is 1. The maximum absolute atomic E-state index is 12.9. The number of likely N-dealkylation sites (N-methyl/N-ethyl adjacent to an activating group) is 1. The van der Waals surface area contributed by atoms with E-state index >= 15 is 0 Å². The van der Waals surface area contributed by atoms with E-state index in [2.05, 4.69) is 67.8 Å². The predicted octanol–water partition coefficient (Wildman–Crippen LogP) is 16.1. The van der Waals surface area contributed by atoms with Crippen molar-refractivity contribution >= 4 is 13.7 Å². The third kappa shape index (κ3) is 49.9. The highest BCUT2D eigenvalue weighted by Crippen LogP contribution is 2.43. The third-order valence-corrected chi connectivity index (χ3v) is 12.9. The van der Waals surface area contributed by atoms with Gasteiger partial charge in [-0.15, -0.1) is 0 Å². The molecule has 0 rings (SSSR count). The summed E-state index contributed by atoms with van der Waals surface area (Å²) in [7, 11) is 1.54. The zero-order valence-corrected chi connectivity index (χ0v) is 44.1. The Labute approximate surface area is 402 Å². The zero-order chi connectivity index (χ0) is 47.8. The Morgan fingerprint density at radius 1 is 0.538 bits per heavy atom. The van der Waals surface area contributed by atoms with E-state index in [0.717, 1.165) is 57.8 Å². The smallest absolute Gasteiger partial charge is 0.387 e. The molecule has 0 aromatic heterocycles. The van der Waals surface area contributed by atoms with Gasteiger partial charge in [0.2, 0.25) is 5.91 Å². The molecule has 0 aromatic carbocycles. The number of phosphoric acid groups is 1. The molecule has 9 heteroatoms. The summed E-state index contributed by atoms with van der Waals surface area (Å²) in [4.78, 5) is 23.1. The molecule has 0 aliphatic heterocycles. The summed E-state index contributed by atoms with van der Waals surface area (Å²) >= 11 is 0. The molecule has 0 aromatic rings. The highest BCUT2D eigenvalue weighted by molar-refractivity contribution is 7.47. The molecule has 0 saturated heterocycles. The summed E-state index contributed by atoms with van der Waals surface area (Å²) < 4.78 is 23.5. The molecular weight excluding hydrogens is 828 g/mol. The number of allylic oxidation sites excluding steroid dienone is 9. The van der Waals surface area contributed by atoms with E-state index in [9.17, 15) is 19.4 Å². The number of nitrogens with one attached hydrogen (secondary N) is 1. The summed E-state index contributed by atoms with van der Waals surface area (Å²) in [6.07, 6.45) is 63.5. The quantitative estimate of drug-likeness (QED) is 0.0243. The number of unbranched alkanes of at least 4 members (excludes halogenated alkanes) is 28. The molecule has 1 amide bonds. The number of aliphatic hydroxyl groups is 1. The molecule has 8 nitrogen and oxygen atoms in total. The van der Waals surface area contributed by atoms with Gasteiger partial charge in [-0.1, -0.05) is 222 Å². The minimum atomic E-state index is -4.35. The first-order valence-corrected chi connectivity index (χ1v) is 28.7. The first kappa shape index (κ1) is 63.2. The number of carbonyl (C=O) groups is 1. The highest BCUT2D eigenvalue weighted by atomic mass is 31.2. The van der Waals surface area contributed by atoms with Crippen LogP contribution in [0, 0.1) is 0 Å². The molecule has 0 fully saturated rings. The molecule has 0 aliphatic carbocycles. The lowest BCUT2D eigenvalue weighted by Gasteiger charge is -2.25. The standard InChI is InChI=1S/C56H105N2O6P/c1-6-8-10-12-14-16-18-19-20-21-22-23-24-25-26-27-28-29-30-31-32-33-34-35-36-37-38-39-40-42-44-46-48-50-56(60)57-54(53-64-65(61,62)63-52-51-58(3,4)5)55(59)49-47-45-43-41-17-15-13-11-9-7-2/h9,11,17-19,21-22,41,47,49,54-55,59H,6-8,10,12-16,20,23-40,42-46,48,50-53H2,1-5H3,(H-,57,60,61,62)/p+1/b11-9+,19-18-,22-21-,41-17+,49-47+. The highest BCUT2D eigenvalue weighted by Gasteiger charge is 2.27. The first-order valence-electron chi connectivity index (χ1n) is 27.2. The summed E-state index contributed by atoms with van der Waals surface area (Å²) in [5.41, 5.74) is 0. The van der Waals surface area contributed by atoms with Gasteiger partial charge in [-0.05, 0) is 70.6 Å². The van der Waals surface area contributed by atoms with Crippen molar-refractivity contribution in [3.05, 3.63) is 60.8 Å². The van der Waals surface area contributed by atoms with Crippen LogP contribution in [0.25, 0.3) is 0 Å². The van der Waals surface area contributed by atoms with Gasteiger partial charge in [-0.3, -0.25) is 13.8 Å². The van der Waals surface area contributed by atoms with Crippen LogP contribution in [0.2, 0.25) is 0 Å². The van der Waals surface area contributed by atoms with Crippen LogP contribution in [-0.4, -0.2) is 73.4 Å². The zero-order valence-electron chi connectivity index (χ0n) is 43.2. The molecule has 0 heterocycles. The molecule has 0 bridgehead atoms. The van der Waals surface area contributed by atoms with Crippen molar-refractivity contribution in [2.75, 3.05) is 40.9 Å². The maximum Gasteiger partial charge on any atom is 0.472 e. The fourth-order valence-electron chi connectivity index (χ4n) is 7.70. The average molecular weight is 934 g/mol. The normalized spacial score (nSPS) is 14.5. The molecule has 380 valence electrons. The predicted molar refractivity (Wildman–Crippen MR) is 281 cm³/mol. The van der Waals surface area contributed by atoms with Gasteiger partial charge in [0.1, 0.15) is 13.2 Å². The van der Waals surface area contributed by atoms with Crippen LogP contribution in [-0.2, 0) is 18.4 Å². The number of hydrogen-bond donors (Lipinski definition) is 3. The summed E-state index contributed by atoms with van der Waals surface area (Å²) in [5.74, 6) is -0.192. The SMILES string of the molecule is CC/C=C/CC/C=C/CC/C=C/C(O)C(COP(=O)(O)OCC[N+](C)(C)C)NC(=O)CCCCCCCCCCCCCCCCCCCCCCC/C=C\C/C=C\CCCCCCC. The van der Waals surface area contributed by atoms with E-state index in [0.29, 0.717) is 17.4 Å². The van der Waals surface area contributed by atoms with E-state index in [1.807, 2.05) is 27.2 Å². The molecular formula is C56H106N2O6P+. The maximum atomic E-state index is 12.9. The molecule has 3 unspecified atom stereocenters. The van der Waals surface area contributed by atoms with Crippen LogP contribution in [0.1, 0.15) is 239 Å². The van der Waals surface area contributed by atoms with Gasteiger partial charge >= 0.3 is 7.82 Å². The average Bonchev–Trinajstić information content (AvgIpc) is 3.26. The number of rotatable bonds is 49. The van der Waals surface area contributed by atoms with Crippen LogP contribution in [0.5, 0.6) is 0 Å². The Morgan fingerprint density at radius 3 is 1.38 bits per heavy atom. The van der Waals surface area contributed by atoms with Gasteiger partial charge in [-0.2, -0.15) is 0 Å². The van der Waals surface area contributed by atoms with Crippen LogP contribution in [0.3, 0.4) is 0 Å². The topological polar surface area (TPSA) is 105 Å². The summed E-state index contributed by atoms with van der Waals surface area (Å²) in [6, 6.07) is -0.868. The number of nitrogens with zero attached hydrogens (tertiary/aromatic N) is 1. The van der Waals surface area contributed by atoms with E-state index in [4.69, 9.17) is 9.05 Å². The van der Waals surface area contributed by atoms with Crippen molar-refractivity contribution in [3.8, 4) is 0 Å². The molecule has 0 saturated carbocycles. The Balaban J connectivity index is 3.96. The largest absolute Gasteiger partial charge is 0.472 e. The third-order valence-electron chi connectivity index (χ3n) is 11.9. The van der Waals surface area contributed by atoms with Crippen LogP contribution >= 0.6 is 7.82 Å². The summed E-state index contributed by atoms with van der Waals surface area (Å²) in [5, 5.41) is 13.8. The van der Waals surface area contributed by atoms with Crippen LogP contribution in [0.15, 0.2) is 60.8 Å². The Bertz CT molecular complexity index is 1240. The lowest BCUT2D eigenvalue weighted by molar-refractivity contribution is -0.870. The number of hydrogen-bond acceptors (Lipinski definition) is 5. The van der Waals surface area contributed by atoms with E-state index < -0.39 is 20.0 Å². The van der Waals surface area contributed by atoms with Gasteiger partial charge in [0.15, 0.2) is 0 Å². The van der Waals surface area contributed by atoms with Crippen molar-refractivity contribution < 1.29 is 32.9 Å². The number of carbonyl (C=O) groups excluding carboxylic acids is 1. The Morgan fingerprint density at radius 2 is 0.938 bits per heavy atom. The van der Waals surface area contributed by atoms with Crippen molar-refractivity contribution in [1.82, 2.24) is 5.32 Å². The van der Waals surface area contributed by atoms with Crippen LogP contribution in [0.4, 0.5) is 0 Å². The van der Waals surface area contributed by atoms with Gasteiger partial charge in [-0.25, -0.2) is 4.57 Å². The number of phosphoric ester groups is 1. The first-order chi connectivity index (χ1) is 31.5. The fourth-order valence-corrected chi connectivity index (χ4v) is 8.44. The minimum absolute atomic E-state index is 0.0527. The van der Waals surface area contributed by atoms with Crippen molar-refractivity contribution in [2.24, 2.45) is 0 Å². The Hall–Kier alpha value is -1.80. The van der Waals surface area contributed by atoms with Gasteiger partial charge in [0, 0.05) is 6.42 Å². The molecule has 3 N–H and O–H groups in total. The molecule has 0 radical (unpaired) electrons. The van der Waals surface area contributed by atoms with Gasteiger partial charge in [0.05, 0.1) is 39.9 Å². The van der Waals surface area contributed by atoms with Crippen molar-refractivity contribution in [1.29, 1.82) is 0 Å². The minimum Gasteiger partial charge on any atom is -0.387 e. The summed E-state index contributed by atoms with van der Waals surface area (Å²) in [6.45, 7) is 4.65. The number of amides is 1. The monoisotopic (exact) mass is 934 g/mol. The Kier molecular flexibility index (Phi) is 46.0. The second-order valence-corrected chi connectivity index (χ2v) is 21.0. The van der Waals surface area contributed by atoms with E-state index in [1.165, 1.54) is 161 Å². The van der Waals surface area contributed by atoms with Crippen molar-refractivity contribution in [3.63, 3.8) is 0 Å². The molecule has 3 atom stereocenters. The molecule has 0 aliphatic rings. The second-order valence-electron chi connectivity index (χ2n) is 19.6. The van der Waals surface area contributed by atoms with Gasteiger partial charge in [0.25, 0.3) is 0 Å². The van der Waals surface area contributed by atoms with Crippen molar-refractivity contribution in [2.45, 2.75) is 251 Å². The lowest BCUT2D eigenvalue weighted by Crippen LogP contribution is -2.45.